The molecule has 2 N–H and O–H groups in total. The number of thioether (sulfide) groups is 1. The lowest BCUT2D eigenvalue weighted by atomic mass is 10.0. The first kappa shape index (κ1) is 13.5. The average Bonchev–Trinajstić information content (AvgIpc) is 2.87. The molecular formula is C13H19NO3S. The Labute approximate surface area is 111 Å². The van der Waals surface area contributed by atoms with E-state index < -0.39 is 5.97 Å². The zero-order valence-corrected chi connectivity index (χ0v) is 11.3. The van der Waals surface area contributed by atoms with Crippen LogP contribution in [0.4, 0.5) is 0 Å². The molecule has 0 bridgehead atoms. The summed E-state index contributed by atoms with van der Waals surface area (Å²) in [4.78, 5) is 10.7. The van der Waals surface area contributed by atoms with Gasteiger partial charge in [-0.2, -0.15) is 11.8 Å². The van der Waals surface area contributed by atoms with E-state index in [0.29, 0.717) is 5.76 Å². The minimum absolute atomic E-state index is 0.00714. The predicted molar refractivity (Wildman–Crippen MR) is 72.1 cm³/mol. The molecular weight excluding hydrogens is 250 g/mol. The Hall–Kier alpha value is -0.940. The fraction of sp³-hybridized carbons (Fsp3) is 0.615. The summed E-state index contributed by atoms with van der Waals surface area (Å²) in [5.41, 5.74) is 0. The number of carbonyl (C=O) groups is 1. The molecule has 0 aromatic carbocycles. The molecule has 1 aromatic rings. The van der Waals surface area contributed by atoms with Crippen molar-refractivity contribution in [1.82, 2.24) is 5.32 Å². The number of furan rings is 1. The Balaban J connectivity index is 1.82. The summed E-state index contributed by atoms with van der Waals surface area (Å²) in [6.45, 7) is 2.98. The molecule has 0 aliphatic carbocycles. The van der Waals surface area contributed by atoms with Gasteiger partial charge in [0, 0.05) is 0 Å². The Kier molecular flexibility index (Phi) is 4.72. The van der Waals surface area contributed by atoms with E-state index in [0.717, 1.165) is 12.5 Å². The normalized spacial score (nSPS) is 18.7. The van der Waals surface area contributed by atoms with Gasteiger partial charge in [0.05, 0.1) is 6.04 Å². The Morgan fingerprint density at radius 2 is 2.28 bits per heavy atom. The van der Waals surface area contributed by atoms with E-state index >= 15 is 0 Å². The van der Waals surface area contributed by atoms with Gasteiger partial charge >= 0.3 is 5.97 Å². The van der Waals surface area contributed by atoms with Gasteiger partial charge in [-0.1, -0.05) is 0 Å². The summed E-state index contributed by atoms with van der Waals surface area (Å²) in [6, 6.07) is 3.30. The van der Waals surface area contributed by atoms with Gasteiger partial charge < -0.3 is 14.8 Å². The summed E-state index contributed by atoms with van der Waals surface area (Å²) >= 11 is 2.02. The first-order chi connectivity index (χ1) is 8.66. The van der Waals surface area contributed by atoms with E-state index in [1.807, 2.05) is 18.7 Å². The highest BCUT2D eigenvalue weighted by molar-refractivity contribution is 7.99. The minimum Gasteiger partial charge on any atom is -0.475 e. The van der Waals surface area contributed by atoms with Crippen molar-refractivity contribution >= 4 is 17.7 Å². The first-order valence-electron chi connectivity index (χ1n) is 6.31. The lowest BCUT2D eigenvalue weighted by molar-refractivity contribution is 0.0659. The van der Waals surface area contributed by atoms with Gasteiger partial charge in [-0.3, -0.25) is 0 Å². The fourth-order valence-corrected chi connectivity index (χ4v) is 3.30. The predicted octanol–water partition coefficient (Wildman–Crippen LogP) is 2.77. The van der Waals surface area contributed by atoms with Crippen LogP contribution in [0, 0.1) is 5.92 Å². The summed E-state index contributed by atoms with van der Waals surface area (Å²) in [7, 11) is 0. The van der Waals surface area contributed by atoms with Crippen LogP contribution in [0.1, 0.15) is 42.1 Å². The summed E-state index contributed by atoms with van der Waals surface area (Å²) in [5.74, 6) is 2.93. The second kappa shape index (κ2) is 6.29. The minimum atomic E-state index is -1.02. The molecule has 2 heterocycles. The summed E-state index contributed by atoms with van der Waals surface area (Å²) in [5, 5.41) is 12.2. The summed E-state index contributed by atoms with van der Waals surface area (Å²) in [6.07, 6.45) is 2.53. The summed E-state index contributed by atoms with van der Waals surface area (Å²) < 4.78 is 5.28. The van der Waals surface area contributed by atoms with Crippen molar-refractivity contribution in [2.24, 2.45) is 5.92 Å². The van der Waals surface area contributed by atoms with Crippen molar-refractivity contribution in [3.05, 3.63) is 23.7 Å². The van der Waals surface area contributed by atoms with E-state index in [1.54, 1.807) is 6.07 Å². The highest BCUT2D eigenvalue weighted by Crippen LogP contribution is 2.23. The zero-order chi connectivity index (χ0) is 13.0. The van der Waals surface area contributed by atoms with Crippen LogP contribution in [0.25, 0.3) is 0 Å². The molecule has 100 valence electrons. The van der Waals surface area contributed by atoms with Gasteiger partial charge in [-0.15, -0.1) is 0 Å². The fourth-order valence-electron chi connectivity index (χ4n) is 2.10. The highest BCUT2D eigenvalue weighted by atomic mass is 32.2. The first-order valence-corrected chi connectivity index (χ1v) is 7.46. The van der Waals surface area contributed by atoms with Gasteiger partial charge in [-0.05, 0) is 55.9 Å². The van der Waals surface area contributed by atoms with Crippen LogP contribution in [0.5, 0.6) is 0 Å². The maximum absolute atomic E-state index is 10.7. The number of carboxylic acids is 1. The number of hydrogen-bond donors (Lipinski definition) is 2. The van der Waals surface area contributed by atoms with Crippen molar-refractivity contribution < 1.29 is 14.3 Å². The van der Waals surface area contributed by atoms with Crippen LogP contribution in [0.15, 0.2) is 16.5 Å². The monoisotopic (exact) mass is 269 g/mol. The molecule has 1 saturated heterocycles. The number of aromatic carboxylic acids is 1. The highest BCUT2D eigenvalue weighted by Gasteiger charge is 2.17. The SMILES string of the molecule is CC(NCC1CCSCC1)c1ccc(C(=O)O)o1. The van der Waals surface area contributed by atoms with Gasteiger partial charge in [-0.25, -0.2) is 4.79 Å². The average molecular weight is 269 g/mol. The second-order valence-corrected chi connectivity index (χ2v) is 5.92. The lowest BCUT2D eigenvalue weighted by Crippen LogP contribution is -2.27. The molecule has 1 aliphatic heterocycles. The quantitative estimate of drug-likeness (QED) is 0.860. The van der Waals surface area contributed by atoms with Crippen molar-refractivity contribution in [1.29, 1.82) is 0 Å². The Morgan fingerprint density at radius 1 is 1.56 bits per heavy atom. The largest absolute Gasteiger partial charge is 0.475 e. The van der Waals surface area contributed by atoms with Gasteiger partial charge in [0.2, 0.25) is 5.76 Å². The molecule has 1 unspecified atom stereocenters. The van der Waals surface area contributed by atoms with Crippen molar-refractivity contribution in [2.75, 3.05) is 18.1 Å². The smallest absolute Gasteiger partial charge is 0.371 e. The van der Waals surface area contributed by atoms with E-state index in [4.69, 9.17) is 9.52 Å². The topological polar surface area (TPSA) is 62.5 Å². The van der Waals surface area contributed by atoms with Gasteiger partial charge in [0.1, 0.15) is 5.76 Å². The van der Waals surface area contributed by atoms with Crippen LogP contribution >= 0.6 is 11.8 Å². The molecule has 1 atom stereocenters. The molecule has 2 rings (SSSR count). The zero-order valence-electron chi connectivity index (χ0n) is 10.5. The van der Waals surface area contributed by atoms with Crippen LogP contribution < -0.4 is 5.32 Å². The molecule has 1 aromatic heterocycles. The number of nitrogens with one attached hydrogen (secondary N) is 1. The maximum atomic E-state index is 10.7. The van der Waals surface area contributed by atoms with Gasteiger partial charge in [0.15, 0.2) is 0 Å². The van der Waals surface area contributed by atoms with Crippen LogP contribution in [0.3, 0.4) is 0 Å². The van der Waals surface area contributed by atoms with Crippen LogP contribution in [-0.4, -0.2) is 29.1 Å². The van der Waals surface area contributed by atoms with E-state index in [-0.39, 0.29) is 11.8 Å². The lowest BCUT2D eigenvalue weighted by Gasteiger charge is -2.23. The van der Waals surface area contributed by atoms with Crippen molar-refractivity contribution in [2.45, 2.75) is 25.8 Å². The van der Waals surface area contributed by atoms with E-state index in [9.17, 15) is 4.79 Å². The standard InChI is InChI=1S/C13H19NO3S/c1-9(11-2-3-12(17-11)13(15)16)14-8-10-4-6-18-7-5-10/h2-3,9-10,14H,4-8H2,1H3,(H,15,16). The molecule has 5 heteroatoms. The van der Waals surface area contributed by atoms with Crippen LogP contribution in [0.2, 0.25) is 0 Å². The van der Waals surface area contributed by atoms with Gasteiger partial charge in [0.25, 0.3) is 0 Å². The second-order valence-electron chi connectivity index (χ2n) is 4.69. The van der Waals surface area contributed by atoms with Crippen LogP contribution in [-0.2, 0) is 0 Å². The third-order valence-corrected chi connectivity index (χ3v) is 4.37. The molecule has 1 aliphatic rings. The Morgan fingerprint density at radius 3 is 2.89 bits per heavy atom. The number of carboxylic acid groups (broad SMARTS) is 1. The maximum Gasteiger partial charge on any atom is 0.371 e. The molecule has 4 nitrogen and oxygen atoms in total. The Bertz CT molecular complexity index is 399. The third kappa shape index (κ3) is 3.53. The van der Waals surface area contributed by atoms with Crippen molar-refractivity contribution in [3.8, 4) is 0 Å². The van der Waals surface area contributed by atoms with Crippen molar-refractivity contribution in [3.63, 3.8) is 0 Å². The van der Waals surface area contributed by atoms with E-state index in [2.05, 4.69) is 5.32 Å². The third-order valence-electron chi connectivity index (χ3n) is 3.32. The molecule has 1 fully saturated rings. The molecule has 0 spiro atoms. The molecule has 0 radical (unpaired) electrons. The number of hydrogen-bond acceptors (Lipinski definition) is 4. The molecule has 18 heavy (non-hydrogen) atoms. The number of rotatable bonds is 5. The molecule has 0 amide bonds. The molecule has 0 saturated carbocycles. The van der Waals surface area contributed by atoms with E-state index in [1.165, 1.54) is 30.4 Å².